The minimum Gasteiger partial charge on any atom is -0.492 e. The van der Waals surface area contributed by atoms with Crippen molar-refractivity contribution >= 4 is 34.2 Å². The maximum Gasteiger partial charge on any atom is 0.230 e. The van der Waals surface area contributed by atoms with Crippen LogP contribution in [0.25, 0.3) is 0 Å². The standard InChI is InChI=1S/C18H16INO4/c1-10-13(9-24-12-6-4-5-11(19)7-12)16-17(20(10)2)14(21)8-15(23-3)18(16)22/h4-8H,9H2,1-3H3/i19-2. The molecule has 0 atom stereocenters. The predicted molar refractivity (Wildman–Crippen MR) is 97.4 cm³/mol. The monoisotopic (exact) mass is 435 g/mol. The van der Waals surface area contributed by atoms with Gasteiger partial charge in [0.2, 0.25) is 11.6 Å². The van der Waals surface area contributed by atoms with Crippen molar-refractivity contribution in [3.8, 4) is 5.75 Å². The first-order chi connectivity index (χ1) is 11.4. The number of ketones is 2. The van der Waals surface area contributed by atoms with Crippen LogP contribution in [-0.4, -0.2) is 23.2 Å². The smallest absolute Gasteiger partial charge is 0.230 e. The molecule has 1 heterocycles. The molecule has 0 radical (unpaired) electrons. The number of hydrogen-bond donors (Lipinski definition) is 0. The van der Waals surface area contributed by atoms with Gasteiger partial charge in [-0.15, -0.1) is 0 Å². The molecule has 124 valence electrons. The van der Waals surface area contributed by atoms with Crippen LogP contribution < -0.4 is 4.74 Å². The van der Waals surface area contributed by atoms with Gasteiger partial charge in [-0.2, -0.15) is 0 Å². The van der Waals surface area contributed by atoms with E-state index in [0.717, 1.165) is 15.0 Å². The highest BCUT2D eigenvalue weighted by Crippen LogP contribution is 2.30. The molecule has 0 fully saturated rings. The van der Waals surface area contributed by atoms with Crippen LogP contribution >= 0.6 is 22.6 Å². The summed E-state index contributed by atoms with van der Waals surface area (Å²) in [4.78, 5) is 25.0. The average Bonchev–Trinajstić information content (AvgIpc) is 2.81. The highest BCUT2D eigenvalue weighted by molar-refractivity contribution is 14.1. The summed E-state index contributed by atoms with van der Waals surface area (Å²) in [6.07, 6.45) is 1.24. The van der Waals surface area contributed by atoms with Crippen LogP contribution in [0.5, 0.6) is 5.75 Å². The first-order valence-electron chi connectivity index (χ1n) is 7.35. The highest BCUT2D eigenvalue weighted by Gasteiger charge is 2.34. The molecular formula is C18H16INO4. The van der Waals surface area contributed by atoms with Gasteiger partial charge in [-0.1, -0.05) is 6.07 Å². The fourth-order valence-electron chi connectivity index (χ4n) is 2.81. The molecule has 5 nitrogen and oxygen atoms in total. The summed E-state index contributed by atoms with van der Waals surface area (Å²) in [6.45, 7) is 2.09. The lowest BCUT2D eigenvalue weighted by Crippen LogP contribution is -2.20. The Labute approximate surface area is 153 Å². The molecule has 0 unspecified atom stereocenters. The molecule has 0 saturated carbocycles. The zero-order chi connectivity index (χ0) is 17.4. The van der Waals surface area contributed by atoms with Gasteiger partial charge in [0.15, 0.2) is 5.76 Å². The first-order valence-corrected chi connectivity index (χ1v) is 8.43. The quantitative estimate of drug-likeness (QED) is 0.691. The molecule has 0 saturated heterocycles. The number of ether oxygens (including phenoxy) is 2. The third kappa shape index (κ3) is 2.75. The van der Waals surface area contributed by atoms with E-state index in [-0.39, 0.29) is 23.9 Å². The van der Waals surface area contributed by atoms with Crippen molar-refractivity contribution in [1.82, 2.24) is 4.57 Å². The molecule has 0 N–H and O–H groups in total. The molecule has 1 aliphatic carbocycles. The van der Waals surface area contributed by atoms with Crippen LogP contribution in [0.2, 0.25) is 0 Å². The second-order valence-corrected chi connectivity index (χ2v) is 6.74. The maximum absolute atomic E-state index is 12.6. The SMILES string of the molecule is COC1=CC(=O)c2c(c(COc3cccc([125I])c3)c(C)n2C)C1=O. The Kier molecular flexibility index (Phi) is 4.49. The zero-order valence-electron chi connectivity index (χ0n) is 13.6. The fraction of sp³-hybridized carbons (Fsp3) is 0.222. The van der Waals surface area contributed by atoms with E-state index in [1.807, 2.05) is 31.2 Å². The fourth-order valence-corrected chi connectivity index (χ4v) is 3.33. The van der Waals surface area contributed by atoms with Gasteiger partial charge in [0.25, 0.3) is 0 Å². The second-order valence-electron chi connectivity index (χ2n) is 5.50. The number of fused-ring (bicyclic) bond motifs is 1. The van der Waals surface area contributed by atoms with Crippen LogP contribution in [0, 0.1) is 10.5 Å². The second kappa shape index (κ2) is 6.43. The summed E-state index contributed by atoms with van der Waals surface area (Å²) in [5, 5.41) is 0. The summed E-state index contributed by atoms with van der Waals surface area (Å²) >= 11 is 2.21. The van der Waals surface area contributed by atoms with Crippen molar-refractivity contribution < 1.29 is 19.1 Å². The Morgan fingerprint density at radius 3 is 2.67 bits per heavy atom. The molecule has 0 amide bonds. The minimum atomic E-state index is -0.281. The van der Waals surface area contributed by atoms with Crippen LogP contribution in [0.15, 0.2) is 36.1 Å². The molecular weight excluding hydrogens is 419 g/mol. The number of rotatable bonds is 4. The number of Topliss-reactive ketones (excluding diaryl/α,β-unsaturated/α-hetero) is 1. The van der Waals surface area contributed by atoms with Gasteiger partial charge in [0, 0.05) is 28.0 Å². The number of hydrogen-bond acceptors (Lipinski definition) is 4. The van der Waals surface area contributed by atoms with E-state index in [4.69, 9.17) is 9.47 Å². The van der Waals surface area contributed by atoms with Crippen molar-refractivity contribution in [1.29, 1.82) is 0 Å². The number of halogens is 1. The molecule has 0 spiro atoms. The minimum absolute atomic E-state index is 0.0635. The number of allylic oxidation sites excluding steroid dienone is 2. The van der Waals surface area contributed by atoms with Crippen LogP contribution in [0.4, 0.5) is 0 Å². The Bertz CT molecular complexity index is 879. The molecule has 1 aliphatic rings. The average molecular weight is 435 g/mol. The molecule has 2 aromatic rings. The number of carbonyl (C=O) groups excluding carboxylic acids is 2. The van der Waals surface area contributed by atoms with Gasteiger partial charge in [-0.05, 0) is 47.7 Å². The van der Waals surface area contributed by atoms with Crippen LogP contribution in [0.1, 0.15) is 32.1 Å². The topological polar surface area (TPSA) is 57.5 Å². The molecule has 0 aliphatic heterocycles. The number of methoxy groups -OCH3 is 1. The van der Waals surface area contributed by atoms with Crippen molar-refractivity contribution in [2.24, 2.45) is 7.05 Å². The molecule has 1 aromatic heterocycles. The molecule has 0 bridgehead atoms. The van der Waals surface area contributed by atoms with E-state index >= 15 is 0 Å². The molecule has 24 heavy (non-hydrogen) atoms. The summed E-state index contributed by atoms with van der Waals surface area (Å²) in [6, 6.07) is 7.66. The Morgan fingerprint density at radius 1 is 1.25 bits per heavy atom. The highest BCUT2D eigenvalue weighted by atomic mass is 125. The summed E-state index contributed by atoms with van der Waals surface area (Å²) < 4.78 is 13.7. The van der Waals surface area contributed by atoms with Crippen molar-refractivity contribution in [2.45, 2.75) is 13.5 Å². The summed E-state index contributed by atoms with van der Waals surface area (Å²) in [5.74, 6) is 0.272. The van der Waals surface area contributed by atoms with E-state index < -0.39 is 0 Å². The van der Waals surface area contributed by atoms with Gasteiger partial charge < -0.3 is 14.0 Å². The normalized spacial score (nSPS) is 13.6. The van der Waals surface area contributed by atoms with E-state index in [1.165, 1.54) is 13.2 Å². The number of benzene rings is 1. The lowest BCUT2D eigenvalue weighted by Gasteiger charge is -2.13. The Hall–Kier alpha value is -2.09. The van der Waals surface area contributed by atoms with E-state index in [1.54, 1.807) is 11.6 Å². The Morgan fingerprint density at radius 2 is 2.00 bits per heavy atom. The first kappa shape index (κ1) is 16.8. The number of nitrogens with zero attached hydrogens (tertiary/aromatic N) is 1. The van der Waals surface area contributed by atoms with Crippen molar-refractivity contribution in [2.75, 3.05) is 7.11 Å². The lowest BCUT2D eigenvalue weighted by molar-refractivity contribution is 0.0912. The van der Waals surface area contributed by atoms with Crippen molar-refractivity contribution in [3.05, 3.63) is 62.2 Å². The van der Waals surface area contributed by atoms with Gasteiger partial charge in [-0.3, -0.25) is 9.59 Å². The Balaban J connectivity index is 2.00. The zero-order valence-corrected chi connectivity index (χ0v) is 15.7. The van der Waals surface area contributed by atoms with Gasteiger partial charge in [0.1, 0.15) is 18.1 Å². The van der Waals surface area contributed by atoms with E-state index in [9.17, 15) is 9.59 Å². The van der Waals surface area contributed by atoms with Crippen molar-refractivity contribution in [3.63, 3.8) is 0 Å². The molecule has 6 heteroatoms. The lowest BCUT2D eigenvalue weighted by atomic mass is 9.96. The number of carbonyl (C=O) groups is 2. The third-order valence-corrected chi connectivity index (χ3v) is 4.83. The number of aromatic nitrogens is 1. The largest absolute Gasteiger partial charge is 0.492 e. The van der Waals surface area contributed by atoms with Crippen LogP contribution in [0.3, 0.4) is 0 Å². The summed E-state index contributed by atoms with van der Waals surface area (Å²) in [7, 11) is 3.17. The van der Waals surface area contributed by atoms with E-state index in [2.05, 4.69) is 22.6 Å². The molecule has 3 rings (SSSR count). The van der Waals surface area contributed by atoms with Gasteiger partial charge in [-0.25, -0.2) is 0 Å². The third-order valence-electron chi connectivity index (χ3n) is 4.16. The van der Waals surface area contributed by atoms with Gasteiger partial charge >= 0.3 is 0 Å². The maximum atomic E-state index is 12.6. The van der Waals surface area contributed by atoms with Crippen LogP contribution in [-0.2, 0) is 18.4 Å². The van der Waals surface area contributed by atoms with Gasteiger partial charge in [0.05, 0.1) is 12.7 Å². The molecule has 1 aromatic carbocycles. The predicted octanol–water partition coefficient (Wildman–Crippen LogP) is 3.43. The summed E-state index contributed by atoms with van der Waals surface area (Å²) in [5.41, 5.74) is 2.31. The van der Waals surface area contributed by atoms with E-state index in [0.29, 0.717) is 16.8 Å².